The molecule has 0 saturated carbocycles. The summed E-state index contributed by atoms with van der Waals surface area (Å²) in [5, 5.41) is 0. The van der Waals surface area contributed by atoms with Crippen molar-refractivity contribution in [3.05, 3.63) is 126 Å². The van der Waals surface area contributed by atoms with E-state index in [1.54, 1.807) is 6.20 Å². The zero-order valence-corrected chi connectivity index (χ0v) is 26.0. The lowest BCUT2D eigenvalue weighted by Gasteiger charge is -2.36. The third-order valence-corrected chi connectivity index (χ3v) is 9.17. The van der Waals surface area contributed by atoms with Gasteiger partial charge in [-0.25, -0.2) is 19.7 Å². The molecule has 0 spiro atoms. The number of carbonyl (C=O) groups is 1. The number of fused-ring (bicyclic) bond motifs is 1. The number of ether oxygens (including phenoxy) is 1. The predicted octanol–water partition coefficient (Wildman–Crippen LogP) is 7.46. The van der Waals surface area contributed by atoms with Crippen LogP contribution in [0.1, 0.15) is 53.2 Å². The molecule has 7 rings (SSSR count). The van der Waals surface area contributed by atoms with Crippen molar-refractivity contribution in [3.8, 4) is 28.3 Å². The largest absolute Gasteiger partial charge is 0.465 e. The average molecular weight is 609 g/mol. The van der Waals surface area contributed by atoms with Gasteiger partial charge in [0, 0.05) is 23.5 Å². The minimum absolute atomic E-state index is 0.274. The smallest absolute Gasteiger partial charge is 0.337 e. The van der Waals surface area contributed by atoms with Gasteiger partial charge in [0.25, 0.3) is 0 Å². The molecule has 8 nitrogen and oxygen atoms in total. The fourth-order valence-electron chi connectivity index (χ4n) is 6.50. The summed E-state index contributed by atoms with van der Waals surface area (Å²) in [6, 6.07) is 34.9. The van der Waals surface area contributed by atoms with Gasteiger partial charge in [0.2, 0.25) is 0 Å². The molecule has 8 heteroatoms. The van der Waals surface area contributed by atoms with Crippen molar-refractivity contribution >= 4 is 23.0 Å². The van der Waals surface area contributed by atoms with Crippen molar-refractivity contribution in [1.82, 2.24) is 24.4 Å². The van der Waals surface area contributed by atoms with Crippen LogP contribution in [0.3, 0.4) is 0 Å². The van der Waals surface area contributed by atoms with E-state index in [2.05, 4.69) is 57.8 Å². The average Bonchev–Trinajstić information content (AvgIpc) is 3.50. The Hall–Kier alpha value is -5.34. The second kappa shape index (κ2) is 12.6. The van der Waals surface area contributed by atoms with E-state index in [1.165, 1.54) is 18.2 Å². The van der Waals surface area contributed by atoms with E-state index in [4.69, 9.17) is 20.4 Å². The number of anilines is 1. The number of nitrogens with two attached hydrogens (primary N) is 1. The van der Waals surface area contributed by atoms with Gasteiger partial charge in [-0.15, -0.1) is 0 Å². The monoisotopic (exact) mass is 608 g/mol. The van der Waals surface area contributed by atoms with Gasteiger partial charge in [-0.05, 0) is 98.4 Å². The van der Waals surface area contributed by atoms with Crippen LogP contribution in [0.25, 0.3) is 39.5 Å². The molecule has 0 radical (unpaired) electrons. The molecular formula is C38H36N6O2. The normalized spacial score (nSPS) is 14.7. The number of methoxy groups -OCH3 is 1. The fraction of sp³-hybridized carbons (Fsp3) is 0.211. The minimum Gasteiger partial charge on any atom is -0.465 e. The van der Waals surface area contributed by atoms with E-state index < -0.39 is 0 Å². The van der Waals surface area contributed by atoms with E-state index in [-0.39, 0.29) is 12.0 Å². The van der Waals surface area contributed by atoms with Crippen LogP contribution in [0.4, 0.5) is 5.82 Å². The van der Waals surface area contributed by atoms with Crippen LogP contribution in [-0.2, 0) is 4.74 Å². The van der Waals surface area contributed by atoms with Crippen molar-refractivity contribution in [2.75, 3.05) is 25.9 Å². The number of likely N-dealkylation sites (tertiary alicyclic amines) is 1. The Labute approximate surface area is 268 Å². The van der Waals surface area contributed by atoms with Crippen LogP contribution >= 0.6 is 0 Å². The standard InChI is InChI=1S/C38H36N6O2/c1-25(26-10-12-30(13-11-26)38(45)46-2)43-23-20-28(21-24-43)27-14-16-31(17-15-27)44-36(32-9-6-22-40-35(32)39)42-34-19-18-33(41-37(34)44)29-7-4-3-5-8-29/h3-19,22,25,28H,20-21,23-24H2,1-2H3,(H2,39,40). The number of imidazole rings is 1. The third kappa shape index (κ3) is 5.63. The lowest BCUT2D eigenvalue weighted by molar-refractivity contribution is 0.0600. The summed E-state index contributed by atoms with van der Waals surface area (Å²) in [6.07, 6.45) is 3.86. The van der Waals surface area contributed by atoms with Gasteiger partial charge in [0.1, 0.15) is 11.3 Å². The first kappa shape index (κ1) is 29.4. The molecule has 230 valence electrons. The molecule has 2 N–H and O–H groups in total. The summed E-state index contributed by atoms with van der Waals surface area (Å²) >= 11 is 0. The summed E-state index contributed by atoms with van der Waals surface area (Å²) in [7, 11) is 1.41. The van der Waals surface area contributed by atoms with Crippen LogP contribution in [0.15, 0.2) is 109 Å². The molecule has 1 unspecified atom stereocenters. The van der Waals surface area contributed by atoms with E-state index in [9.17, 15) is 4.79 Å². The van der Waals surface area contributed by atoms with Gasteiger partial charge in [-0.1, -0.05) is 54.6 Å². The lowest BCUT2D eigenvalue weighted by Crippen LogP contribution is -2.35. The van der Waals surface area contributed by atoms with Crippen molar-refractivity contribution in [3.63, 3.8) is 0 Å². The summed E-state index contributed by atoms with van der Waals surface area (Å²) in [5.41, 5.74) is 14.7. The summed E-state index contributed by atoms with van der Waals surface area (Å²) in [6.45, 7) is 4.26. The molecular weight excluding hydrogens is 572 g/mol. The maximum absolute atomic E-state index is 11.8. The Morgan fingerprint density at radius 1 is 0.870 bits per heavy atom. The van der Waals surface area contributed by atoms with E-state index in [1.807, 2.05) is 66.7 Å². The highest BCUT2D eigenvalue weighted by atomic mass is 16.5. The second-order valence-electron chi connectivity index (χ2n) is 11.8. The molecule has 0 bridgehead atoms. The van der Waals surface area contributed by atoms with Gasteiger partial charge < -0.3 is 10.5 Å². The number of benzene rings is 3. The molecule has 6 aromatic rings. The summed E-state index contributed by atoms with van der Waals surface area (Å²) in [5.74, 6) is 1.32. The predicted molar refractivity (Wildman–Crippen MR) is 182 cm³/mol. The fourth-order valence-corrected chi connectivity index (χ4v) is 6.50. The van der Waals surface area contributed by atoms with Gasteiger partial charge >= 0.3 is 5.97 Å². The number of nitrogens with zero attached hydrogens (tertiary/aromatic N) is 5. The van der Waals surface area contributed by atoms with Crippen LogP contribution in [0.5, 0.6) is 0 Å². The number of hydrogen-bond acceptors (Lipinski definition) is 7. The Kier molecular flexibility index (Phi) is 8.03. The molecule has 0 aliphatic carbocycles. The number of piperidine rings is 1. The lowest BCUT2D eigenvalue weighted by atomic mass is 9.88. The van der Waals surface area contributed by atoms with Crippen molar-refractivity contribution in [1.29, 1.82) is 0 Å². The number of aromatic nitrogens is 4. The first-order valence-electron chi connectivity index (χ1n) is 15.7. The Balaban J connectivity index is 1.14. The zero-order chi connectivity index (χ0) is 31.6. The summed E-state index contributed by atoms with van der Waals surface area (Å²) < 4.78 is 6.93. The Bertz CT molecular complexity index is 1980. The molecule has 1 saturated heterocycles. The Morgan fingerprint density at radius 3 is 2.30 bits per heavy atom. The molecule has 1 fully saturated rings. The minimum atomic E-state index is -0.308. The highest BCUT2D eigenvalue weighted by Crippen LogP contribution is 2.35. The van der Waals surface area contributed by atoms with Crippen LogP contribution < -0.4 is 5.73 Å². The highest BCUT2D eigenvalue weighted by Gasteiger charge is 2.25. The van der Waals surface area contributed by atoms with Crippen LogP contribution in [0, 0.1) is 0 Å². The van der Waals surface area contributed by atoms with Crippen LogP contribution in [-0.4, -0.2) is 50.6 Å². The molecule has 46 heavy (non-hydrogen) atoms. The van der Waals surface area contributed by atoms with E-state index >= 15 is 0 Å². The molecule has 1 atom stereocenters. The van der Waals surface area contributed by atoms with Gasteiger partial charge in [-0.2, -0.15) is 0 Å². The van der Waals surface area contributed by atoms with Gasteiger partial charge in [0.15, 0.2) is 11.5 Å². The van der Waals surface area contributed by atoms with Crippen molar-refractivity contribution in [2.45, 2.75) is 31.7 Å². The number of pyridine rings is 2. The van der Waals surface area contributed by atoms with Gasteiger partial charge in [0.05, 0.1) is 23.9 Å². The van der Waals surface area contributed by atoms with E-state index in [0.29, 0.717) is 23.1 Å². The van der Waals surface area contributed by atoms with E-state index in [0.717, 1.165) is 59.6 Å². The third-order valence-electron chi connectivity index (χ3n) is 9.17. The molecule has 1 aliphatic rings. The van der Waals surface area contributed by atoms with Crippen LogP contribution in [0.2, 0.25) is 0 Å². The molecule has 3 aromatic carbocycles. The molecule has 1 aliphatic heterocycles. The number of rotatable bonds is 7. The first-order valence-corrected chi connectivity index (χ1v) is 15.7. The number of esters is 1. The Morgan fingerprint density at radius 2 is 1.61 bits per heavy atom. The van der Waals surface area contributed by atoms with Crippen molar-refractivity contribution < 1.29 is 9.53 Å². The van der Waals surface area contributed by atoms with Crippen molar-refractivity contribution in [2.24, 2.45) is 0 Å². The maximum Gasteiger partial charge on any atom is 0.337 e. The number of hydrogen-bond donors (Lipinski definition) is 1. The zero-order valence-electron chi connectivity index (χ0n) is 26.0. The molecule has 0 amide bonds. The number of carbonyl (C=O) groups excluding carboxylic acids is 1. The second-order valence-corrected chi connectivity index (χ2v) is 11.8. The number of nitrogen functional groups attached to an aromatic ring is 1. The quantitative estimate of drug-likeness (QED) is 0.188. The maximum atomic E-state index is 11.8. The van der Waals surface area contributed by atoms with Gasteiger partial charge in [-0.3, -0.25) is 9.47 Å². The summed E-state index contributed by atoms with van der Waals surface area (Å²) in [4.78, 5) is 28.8. The molecule has 4 heterocycles. The topological polar surface area (TPSA) is 99.2 Å². The molecule has 3 aromatic heterocycles. The SMILES string of the molecule is COC(=O)c1ccc(C(C)N2CCC(c3ccc(-n4c(-c5cccnc5N)nc5ccc(-c6ccccc6)nc54)cc3)CC2)cc1. The first-order chi connectivity index (χ1) is 22.5. The highest BCUT2D eigenvalue weighted by molar-refractivity contribution is 5.89.